The molecule has 1 heterocycles. The molecule has 0 spiro atoms. The third kappa shape index (κ3) is 8.09. The van der Waals surface area contributed by atoms with Crippen molar-refractivity contribution < 1.29 is 28.2 Å². The van der Waals surface area contributed by atoms with Crippen molar-refractivity contribution in [2.24, 2.45) is 0 Å². The molecule has 5 aromatic carbocycles. The van der Waals surface area contributed by atoms with Crippen LogP contribution in [0.25, 0.3) is 6.08 Å². The molecule has 10 heteroatoms. The summed E-state index contributed by atoms with van der Waals surface area (Å²) >= 11 is 1.31. The van der Waals surface area contributed by atoms with E-state index in [2.05, 4.69) is 16.0 Å². The van der Waals surface area contributed by atoms with E-state index in [4.69, 9.17) is 9.47 Å². The van der Waals surface area contributed by atoms with Crippen molar-refractivity contribution in [3.8, 4) is 11.5 Å². The molecule has 0 bridgehead atoms. The van der Waals surface area contributed by atoms with Gasteiger partial charge in [0.2, 0.25) is 5.91 Å². The zero-order valence-electron chi connectivity index (χ0n) is 25.5. The molecule has 0 saturated heterocycles. The van der Waals surface area contributed by atoms with Crippen LogP contribution in [0.1, 0.15) is 26.7 Å². The first-order valence-corrected chi connectivity index (χ1v) is 16.0. The van der Waals surface area contributed by atoms with Crippen LogP contribution in [0.2, 0.25) is 0 Å². The minimum Gasteiger partial charge on any atom is -0.486 e. The molecule has 48 heavy (non-hydrogen) atoms. The van der Waals surface area contributed by atoms with E-state index >= 15 is 0 Å². The number of rotatable bonds is 10. The number of benzene rings is 5. The van der Waals surface area contributed by atoms with Gasteiger partial charge in [-0.1, -0.05) is 72.8 Å². The molecule has 0 fully saturated rings. The van der Waals surface area contributed by atoms with Crippen LogP contribution in [0.4, 0.5) is 15.8 Å². The van der Waals surface area contributed by atoms with Gasteiger partial charge in [-0.05, 0) is 60.2 Å². The number of thioether (sulfide) groups is 1. The summed E-state index contributed by atoms with van der Waals surface area (Å²) in [4.78, 5) is 40.9. The second-order valence-corrected chi connectivity index (χ2v) is 11.8. The quantitative estimate of drug-likeness (QED) is 0.106. The fourth-order valence-electron chi connectivity index (χ4n) is 4.90. The molecule has 1 atom stereocenters. The highest BCUT2D eigenvalue weighted by atomic mass is 32.2. The first-order chi connectivity index (χ1) is 23.4. The summed E-state index contributed by atoms with van der Waals surface area (Å²) in [5, 5.41) is 7.77. The van der Waals surface area contributed by atoms with Gasteiger partial charge < -0.3 is 25.4 Å². The van der Waals surface area contributed by atoms with Crippen molar-refractivity contribution in [3.63, 3.8) is 0 Å². The highest BCUT2D eigenvalue weighted by Gasteiger charge is 2.24. The minimum absolute atomic E-state index is 0.134. The maximum atomic E-state index is 14.6. The van der Waals surface area contributed by atoms with Crippen LogP contribution in [0.3, 0.4) is 0 Å². The lowest BCUT2D eigenvalue weighted by Gasteiger charge is -2.20. The number of carbonyl (C=O) groups excluding carboxylic acids is 3. The summed E-state index contributed by atoms with van der Waals surface area (Å²) in [5.41, 5.74) is 2.09. The Morgan fingerprint density at radius 1 is 0.708 bits per heavy atom. The molecular weight excluding hydrogens is 629 g/mol. The molecule has 5 aromatic rings. The molecule has 1 aliphatic rings. The Hall–Kier alpha value is -5.87. The van der Waals surface area contributed by atoms with Gasteiger partial charge in [-0.3, -0.25) is 14.4 Å². The van der Waals surface area contributed by atoms with Crippen LogP contribution in [-0.4, -0.2) is 30.9 Å². The van der Waals surface area contributed by atoms with Crippen LogP contribution >= 0.6 is 11.8 Å². The molecule has 6 rings (SSSR count). The number of fused-ring (bicyclic) bond motifs is 1. The molecule has 1 aliphatic heterocycles. The number of anilines is 2. The topological polar surface area (TPSA) is 106 Å². The molecule has 8 nitrogen and oxygen atoms in total. The normalized spacial score (nSPS) is 12.8. The average molecular weight is 660 g/mol. The maximum absolute atomic E-state index is 14.6. The third-order valence-electron chi connectivity index (χ3n) is 7.23. The number of hydrogen-bond donors (Lipinski definition) is 3. The van der Waals surface area contributed by atoms with Crippen molar-refractivity contribution in [3.05, 3.63) is 156 Å². The number of carbonyl (C=O) groups is 3. The Kier molecular flexibility index (Phi) is 10.1. The van der Waals surface area contributed by atoms with E-state index in [9.17, 15) is 18.8 Å². The van der Waals surface area contributed by atoms with Crippen LogP contribution in [0.15, 0.2) is 138 Å². The number of ether oxygens (including phenoxy) is 2. The maximum Gasteiger partial charge on any atom is 0.272 e. The Morgan fingerprint density at radius 2 is 1.40 bits per heavy atom. The SMILES string of the molecule is O=C(Nc1cccc(SC(C(=O)Nc2ccc3c(c2)OCCO3)c2ccccc2)c1)/C(=C/c1ccccc1F)NC(=O)c1ccccc1. The number of nitrogens with one attached hydrogen (secondary N) is 3. The molecule has 0 saturated carbocycles. The second kappa shape index (κ2) is 15.1. The van der Waals surface area contributed by atoms with Crippen molar-refractivity contribution in [1.29, 1.82) is 0 Å². The summed E-state index contributed by atoms with van der Waals surface area (Å²) in [5.74, 6) is -0.783. The summed E-state index contributed by atoms with van der Waals surface area (Å²) < 4.78 is 25.8. The molecule has 0 aromatic heterocycles. The van der Waals surface area contributed by atoms with Gasteiger partial charge in [0, 0.05) is 33.5 Å². The molecule has 0 radical (unpaired) electrons. The van der Waals surface area contributed by atoms with Gasteiger partial charge in [0.15, 0.2) is 11.5 Å². The third-order valence-corrected chi connectivity index (χ3v) is 8.48. The van der Waals surface area contributed by atoms with E-state index < -0.39 is 22.9 Å². The molecular formula is C38H30FN3O5S. The first-order valence-electron chi connectivity index (χ1n) is 15.1. The Bertz CT molecular complexity index is 1970. The van der Waals surface area contributed by atoms with E-state index in [0.717, 1.165) is 5.56 Å². The van der Waals surface area contributed by atoms with E-state index in [1.165, 1.54) is 36.0 Å². The Labute approximate surface area is 281 Å². The van der Waals surface area contributed by atoms with Crippen molar-refractivity contribution in [2.45, 2.75) is 10.1 Å². The highest BCUT2D eigenvalue weighted by Crippen LogP contribution is 2.38. The fraction of sp³-hybridized carbons (Fsp3) is 0.0789. The van der Waals surface area contributed by atoms with Gasteiger partial charge in [-0.25, -0.2) is 4.39 Å². The molecule has 3 N–H and O–H groups in total. The molecule has 3 amide bonds. The van der Waals surface area contributed by atoms with Gasteiger partial charge in [-0.2, -0.15) is 0 Å². The Balaban J connectivity index is 1.22. The van der Waals surface area contributed by atoms with Gasteiger partial charge in [-0.15, -0.1) is 11.8 Å². The van der Waals surface area contributed by atoms with Crippen LogP contribution < -0.4 is 25.4 Å². The highest BCUT2D eigenvalue weighted by molar-refractivity contribution is 8.00. The van der Waals surface area contributed by atoms with Gasteiger partial charge in [0.05, 0.1) is 0 Å². The Morgan fingerprint density at radius 3 is 2.17 bits per heavy atom. The van der Waals surface area contributed by atoms with Crippen molar-refractivity contribution in [2.75, 3.05) is 23.8 Å². The van der Waals surface area contributed by atoms with E-state index in [1.807, 2.05) is 36.4 Å². The summed E-state index contributed by atoms with van der Waals surface area (Å²) in [6, 6.07) is 36.0. The van der Waals surface area contributed by atoms with Crippen LogP contribution in [0.5, 0.6) is 11.5 Å². The zero-order chi connectivity index (χ0) is 33.3. The number of amides is 3. The van der Waals surface area contributed by atoms with E-state index in [-0.39, 0.29) is 17.2 Å². The number of halogens is 1. The lowest BCUT2D eigenvalue weighted by atomic mass is 10.1. The van der Waals surface area contributed by atoms with E-state index in [1.54, 1.807) is 72.8 Å². The molecule has 240 valence electrons. The summed E-state index contributed by atoms with van der Waals surface area (Å²) in [6.45, 7) is 0.899. The molecule has 0 aliphatic carbocycles. The van der Waals surface area contributed by atoms with Crippen LogP contribution in [-0.2, 0) is 9.59 Å². The molecule has 1 unspecified atom stereocenters. The number of hydrogen-bond acceptors (Lipinski definition) is 6. The van der Waals surface area contributed by atoms with Crippen molar-refractivity contribution >= 4 is 46.9 Å². The predicted octanol–water partition coefficient (Wildman–Crippen LogP) is 7.48. The average Bonchev–Trinajstić information content (AvgIpc) is 3.12. The smallest absolute Gasteiger partial charge is 0.272 e. The zero-order valence-corrected chi connectivity index (χ0v) is 26.3. The largest absolute Gasteiger partial charge is 0.486 e. The standard InChI is InChI=1S/C38H30FN3O5S/c39-31-17-8-7-14-27(31)22-32(42-36(43)26-12-5-2-6-13-26)37(44)40-28-15-9-16-30(23-28)48-35(25-10-3-1-4-11-25)38(45)41-29-18-19-33-34(24-29)47-21-20-46-33/h1-19,22-24,35H,20-21H2,(H,40,44)(H,41,45)(H,42,43)/b32-22-. The van der Waals surface area contributed by atoms with Crippen molar-refractivity contribution in [1.82, 2.24) is 5.32 Å². The summed E-state index contributed by atoms with van der Waals surface area (Å²) in [7, 11) is 0. The van der Waals surface area contributed by atoms with E-state index in [0.29, 0.717) is 46.5 Å². The lowest BCUT2D eigenvalue weighted by molar-refractivity contribution is -0.116. The lowest BCUT2D eigenvalue weighted by Crippen LogP contribution is -2.30. The van der Waals surface area contributed by atoms with Gasteiger partial charge in [0.1, 0.15) is 30.0 Å². The monoisotopic (exact) mass is 659 g/mol. The fourth-order valence-corrected chi connectivity index (χ4v) is 5.98. The minimum atomic E-state index is -0.652. The summed E-state index contributed by atoms with van der Waals surface area (Å²) in [6.07, 6.45) is 1.29. The second-order valence-electron chi connectivity index (χ2n) is 10.6. The first kappa shape index (κ1) is 32.1. The van der Waals surface area contributed by atoms with Gasteiger partial charge in [0.25, 0.3) is 11.8 Å². The predicted molar refractivity (Wildman–Crippen MR) is 184 cm³/mol. The van der Waals surface area contributed by atoms with Crippen LogP contribution in [0, 0.1) is 5.82 Å². The van der Waals surface area contributed by atoms with Gasteiger partial charge >= 0.3 is 0 Å².